The zero-order valence-electron chi connectivity index (χ0n) is 28.7. The van der Waals surface area contributed by atoms with Crippen LogP contribution in [0.15, 0.2) is 133 Å². The molecule has 11 aromatic carbocycles. The quantitative estimate of drug-likeness (QED) is 0.166. The predicted molar refractivity (Wildman–Crippen MR) is 219 cm³/mol. The average Bonchev–Trinajstić information content (AvgIpc) is 3.61. The Balaban J connectivity index is 1.24. The fraction of sp³-hybridized carbons (Fsp3) is 0.0800. The van der Waals surface area contributed by atoms with E-state index in [4.69, 9.17) is 0 Å². The Morgan fingerprint density at radius 3 is 0.860 bits per heavy atom. The summed E-state index contributed by atoms with van der Waals surface area (Å²) < 4.78 is 0. The Morgan fingerprint density at radius 2 is 0.480 bits per heavy atom. The first-order chi connectivity index (χ1) is 24.4. The molecule has 0 saturated carbocycles. The zero-order valence-corrected chi connectivity index (χ0v) is 28.7. The highest BCUT2D eigenvalue weighted by Crippen LogP contribution is 2.48. The molecule has 234 valence electrons. The standard InChI is InChI=1S/C50H34/c1-27-5-9-31(10-6-27)33-13-15-35-39(23-33)45-21-29(3)19-43-37-17-18-38-42(41(37)25-47(35)49(43)45)26-48-36-16-14-34(32-11-7-28(2)8-12-32)24-40(36)46-22-30(4)20-44(38)50(46)48/h5-26H,1-4H3. The molecule has 0 nitrogen and oxygen atoms in total. The van der Waals surface area contributed by atoms with Crippen LogP contribution in [0.25, 0.3) is 108 Å². The molecule has 0 amide bonds. The molecule has 0 aromatic heterocycles. The van der Waals surface area contributed by atoms with Crippen LogP contribution in [0.1, 0.15) is 22.3 Å². The lowest BCUT2D eigenvalue weighted by Crippen LogP contribution is -1.85. The third-order valence-electron chi connectivity index (χ3n) is 11.5. The molecule has 0 atom stereocenters. The maximum Gasteiger partial charge on any atom is -0.00197 e. The summed E-state index contributed by atoms with van der Waals surface area (Å²) in [6.45, 7) is 8.80. The highest BCUT2D eigenvalue weighted by molar-refractivity contribution is 6.40. The van der Waals surface area contributed by atoms with Gasteiger partial charge in [-0.3, -0.25) is 0 Å². The molecule has 0 N–H and O–H groups in total. The van der Waals surface area contributed by atoms with Crippen molar-refractivity contribution in [3.8, 4) is 22.3 Å². The van der Waals surface area contributed by atoms with Gasteiger partial charge in [0.05, 0.1) is 0 Å². The highest BCUT2D eigenvalue weighted by Gasteiger charge is 2.20. The van der Waals surface area contributed by atoms with E-state index in [1.54, 1.807) is 0 Å². The van der Waals surface area contributed by atoms with E-state index in [0.29, 0.717) is 0 Å². The maximum atomic E-state index is 2.50. The molecule has 0 unspecified atom stereocenters. The van der Waals surface area contributed by atoms with Crippen LogP contribution in [0.2, 0.25) is 0 Å². The fourth-order valence-electron chi connectivity index (χ4n) is 9.13. The van der Waals surface area contributed by atoms with E-state index in [9.17, 15) is 0 Å². The Labute approximate surface area is 290 Å². The molecular formula is C50H34. The summed E-state index contributed by atoms with van der Waals surface area (Å²) in [7, 11) is 0. The van der Waals surface area contributed by atoms with E-state index >= 15 is 0 Å². The van der Waals surface area contributed by atoms with Gasteiger partial charge in [-0.15, -0.1) is 0 Å². The minimum absolute atomic E-state index is 1.26. The molecule has 0 spiro atoms. The third kappa shape index (κ3) is 3.77. The second-order valence-electron chi connectivity index (χ2n) is 14.8. The van der Waals surface area contributed by atoms with E-state index in [2.05, 4.69) is 161 Å². The van der Waals surface area contributed by atoms with Crippen LogP contribution in [0.3, 0.4) is 0 Å². The number of rotatable bonds is 2. The van der Waals surface area contributed by atoms with Crippen molar-refractivity contribution in [2.75, 3.05) is 0 Å². The van der Waals surface area contributed by atoms with Crippen LogP contribution in [0.4, 0.5) is 0 Å². The second kappa shape index (κ2) is 9.80. The number of hydrogen-bond donors (Lipinski definition) is 0. The van der Waals surface area contributed by atoms with Gasteiger partial charge in [0, 0.05) is 0 Å². The molecule has 50 heavy (non-hydrogen) atoms. The largest absolute Gasteiger partial charge is 0.0587 e. The topological polar surface area (TPSA) is 0 Å². The lowest BCUT2D eigenvalue weighted by molar-refractivity contribution is 1.47. The van der Waals surface area contributed by atoms with Crippen LogP contribution in [-0.2, 0) is 0 Å². The minimum atomic E-state index is 1.26. The van der Waals surface area contributed by atoms with Gasteiger partial charge < -0.3 is 0 Å². The van der Waals surface area contributed by atoms with E-state index in [1.807, 2.05) is 0 Å². The van der Waals surface area contributed by atoms with Gasteiger partial charge in [-0.1, -0.05) is 120 Å². The van der Waals surface area contributed by atoms with Crippen molar-refractivity contribution in [3.63, 3.8) is 0 Å². The van der Waals surface area contributed by atoms with E-state index in [1.165, 1.54) is 131 Å². The van der Waals surface area contributed by atoms with Gasteiger partial charge in [-0.25, -0.2) is 0 Å². The molecule has 11 rings (SSSR count). The van der Waals surface area contributed by atoms with Gasteiger partial charge >= 0.3 is 0 Å². The minimum Gasteiger partial charge on any atom is -0.0587 e. The van der Waals surface area contributed by atoms with Crippen molar-refractivity contribution in [1.29, 1.82) is 0 Å². The van der Waals surface area contributed by atoms with E-state index in [-0.39, 0.29) is 0 Å². The molecule has 0 saturated heterocycles. The normalized spacial score (nSPS) is 12.4. The van der Waals surface area contributed by atoms with Gasteiger partial charge in [0.25, 0.3) is 0 Å². The predicted octanol–water partition coefficient (Wildman–Crippen LogP) is 14.4. The fourth-order valence-corrected chi connectivity index (χ4v) is 9.13. The van der Waals surface area contributed by atoms with Crippen LogP contribution in [0.5, 0.6) is 0 Å². The number of hydrogen-bond acceptors (Lipinski definition) is 0. The third-order valence-corrected chi connectivity index (χ3v) is 11.5. The van der Waals surface area contributed by atoms with E-state index in [0.717, 1.165) is 0 Å². The average molecular weight is 635 g/mol. The summed E-state index contributed by atoms with van der Waals surface area (Å²) in [5.41, 5.74) is 10.2. The Kier molecular flexibility index (Phi) is 5.47. The van der Waals surface area contributed by atoms with Crippen LogP contribution < -0.4 is 0 Å². The summed E-state index contributed by atoms with van der Waals surface area (Å²) in [5, 5.41) is 21.6. The monoisotopic (exact) mass is 634 g/mol. The summed E-state index contributed by atoms with van der Waals surface area (Å²) in [6.07, 6.45) is 0. The molecule has 0 fully saturated rings. The first-order valence-electron chi connectivity index (χ1n) is 17.7. The van der Waals surface area contributed by atoms with E-state index < -0.39 is 0 Å². The summed E-state index contributed by atoms with van der Waals surface area (Å²) in [4.78, 5) is 0. The molecule has 0 bridgehead atoms. The summed E-state index contributed by atoms with van der Waals surface area (Å²) in [6, 6.07) is 51.4. The van der Waals surface area contributed by atoms with Gasteiger partial charge in [-0.05, 0) is 172 Å². The van der Waals surface area contributed by atoms with Crippen molar-refractivity contribution in [3.05, 3.63) is 156 Å². The van der Waals surface area contributed by atoms with Crippen molar-refractivity contribution in [1.82, 2.24) is 0 Å². The van der Waals surface area contributed by atoms with Crippen LogP contribution in [0, 0.1) is 27.7 Å². The molecular weight excluding hydrogens is 601 g/mol. The van der Waals surface area contributed by atoms with Gasteiger partial charge in [0.2, 0.25) is 0 Å². The lowest BCUT2D eigenvalue weighted by atomic mass is 9.90. The number of benzene rings is 9. The molecule has 11 aromatic rings. The van der Waals surface area contributed by atoms with Gasteiger partial charge in [0.15, 0.2) is 0 Å². The van der Waals surface area contributed by atoms with Gasteiger partial charge in [-0.2, -0.15) is 0 Å². The zero-order chi connectivity index (χ0) is 33.4. The van der Waals surface area contributed by atoms with Crippen LogP contribution in [-0.4, -0.2) is 0 Å². The molecule has 0 aliphatic rings. The van der Waals surface area contributed by atoms with Crippen molar-refractivity contribution in [2.45, 2.75) is 27.7 Å². The van der Waals surface area contributed by atoms with Crippen molar-refractivity contribution >= 4 is 86.2 Å². The highest BCUT2D eigenvalue weighted by atomic mass is 14.2. The van der Waals surface area contributed by atoms with Gasteiger partial charge in [0.1, 0.15) is 0 Å². The van der Waals surface area contributed by atoms with Crippen LogP contribution >= 0.6 is 0 Å². The molecule has 0 radical (unpaired) electrons. The Bertz CT molecular complexity index is 2970. The number of aryl methyl sites for hydroxylation is 4. The lowest BCUT2D eigenvalue weighted by Gasteiger charge is -2.13. The smallest absolute Gasteiger partial charge is 0.00197 e. The Morgan fingerprint density at radius 1 is 0.200 bits per heavy atom. The molecule has 0 heteroatoms. The molecule has 0 heterocycles. The summed E-state index contributed by atoms with van der Waals surface area (Å²) in [5.74, 6) is 0. The first kappa shape index (κ1) is 27.9. The van der Waals surface area contributed by atoms with Crippen molar-refractivity contribution < 1.29 is 0 Å². The molecule has 0 aliphatic heterocycles. The second-order valence-corrected chi connectivity index (χ2v) is 14.8. The Hall–Kier alpha value is -5.98. The molecule has 0 aliphatic carbocycles. The maximum absolute atomic E-state index is 2.50. The van der Waals surface area contributed by atoms with Crippen molar-refractivity contribution in [2.24, 2.45) is 0 Å². The number of fused-ring (bicyclic) bond motifs is 11. The SMILES string of the molecule is Cc1ccc(-c2ccc3c(c2)c2cc(C)cc4c5ccc6c(cc7c8ccc(-c9ccc(C)cc9)cc8c8cc(C)cc6c87)c5cc3c42)cc1. The first-order valence-corrected chi connectivity index (χ1v) is 17.7. The summed E-state index contributed by atoms with van der Waals surface area (Å²) >= 11 is 0.